The summed E-state index contributed by atoms with van der Waals surface area (Å²) in [5.74, 6) is 7.97. The number of nitrogens with zero attached hydrogens (tertiary/aromatic N) is 2. The molecule has 0 fully saturated rings. The molecular weight excluding hydrogens is 176 g/mol. The van der Waals surface area contributed by atoms with Crippen molar-refractivity contribution in [1.82, 2.24) is 15.4 Å². The highest BCUT2D eigenvalue weighted by Gasteiger charge is 2.09. The molecule has 3 N–H and O–H groups in total. The van der Waals surface area contributed by atoms with Crippen LogP contribution in [0.25, 0.3) is 0 Å². The van der Waals surface area contributed by atoms with Gasteiger partial charge in [0, 0.05) is 12.6 Å². The van der Waals surface area contributed by atoms with Crippen molar-refractivity contribution in [1.29, 1.82) is 0 Å². The van der Waals surface area contributed by atoms with E-state index in [1.807, 2.05) is 6.92 Å². The van der Waals surface area contributed by atoms with Gasteiger partial charge in [-0.05, 0) is 13.3 Å². The van der Waals surface area contributed by atoms with E-state index in [2.05, 4.69) is 21.3 Å². The van der Waals surface area contributed by atoms with Gasteiger partial charge in [-0.2, -0.15) is 0 Å². The first-order valence-electron chi connectivity index (χ1n) is 4.46. The second kappa shape index (κ2) is 5.32. The fourth-order valence-corrected chi connectivity index (χ4v) is 1.13. The Bertz CT molecular complexity index is 312. The minimum absolute atomic E-state index is 0.0147. The zero-order chi connectivity index (χ0) is 10.4. The quantitative estimate of drug-likeness (QED) is 0.417. The summed E-state index contributed by atoms with van der Waals surface area (Å²) in [5.41, 5.74) is 4.39. The molecule has 1 aromatic rings. The van der Waals surface area contributed by atoms with Crippen LogP contribution in [-0.4, -0.2) is 9.97 Å². The fourth-order valence-electron chi connectivity index (χ4n) is 1.13. The van der Waals surface area contributed by atoms with Crippen LogP contribution >= 0.6 is 0 Å². The summed E-state index contributed by atoms with van der Waals surface area (Å²) >= 11 is 0. The number of hydrazine groups is 1. The lowest BCUT2D eigenvalue weighted by Gasteiger charge is -2.13. The predicted molar refractivity (Wildman–Crippen MR) is 54.9 cm³/mol. The van der Waals surface area contributed by atoms with E-state index in [4.69, 9.17) is 12.3 Å². The van der Waals surface area contributed by atoms with Gasteiger partial charge in [-0.3, -0.25) is 21.2 Å². The van der Waals surface area contributed by atoms with Crippen molar-refractivity contribution in [2.75, 3.05) is 0 Å². The maximum absolute atomic E-state index is 5.40. The van der Waals surface area contributed by atoms with Crippen molar-refractivity contribution in [2.24, 2.45) is 5.84 Å². The Morgan fingerprint density at radius 3 is 2.86 bits per heavy atom. The molecule has 0 saturated heterocycles. The van der Waals surface area contributed by atoms with Gasteiger partial charge in [0.15, 0.2) is 0 Å². The van der Waals surface area contributed by atoms with Gasteiger partial charge < -0.3 is 0 Å². The van der Waals surface area contributed by atoms with Crippen LogP contribution in [0, 0.1) is 19.3 Å². The van der Waals surface area contributed by atoms with Gasteiger partial charge in [-0.25, -0.2) is 0 Å². The third kappa shape index (κ3) is 2.80. The SMILES string of the molecule is C#CCCC(NN)c1cnc(C)cn1. The van der Waals surface area contributed by atoms with Crippen LogP contribution in [0.15, 0.2) is 12.4 Å². The highest BCUT2D eigenvalue weighted by Crippen LogP contribution is 2.13. The summed E-state index contributed by atoms with van der Waals surface area (Å²) in [6.45, 7) is 1.89. The number of hydrogen-bond acceptors (Lipinski definition) is 4. The maximum atomic E-state index is 5.40. The van der Waals surface area contributed by atoms with E-state index < -0.39 is 0 Å². The standard InChI is InChI=1S/C10H14N4/c1-3-4-5-9(14-11)10-7-12-8(2)6-13-10/h1,6-7,9,14H,4-5,11H2,2H3. The Kier molecular flexibility index (Phi) is 4.05. The van der Waals surface area contributed by atoms with Crippen LogP contribution in [0.5, 0.6) is 0 Å². The van der Waals surface area contributed by atoms with Crippen LogP contribution in [-0.2, 0) is 0 Å². The van der Waals surface area contributed by atoms with Gasteiger partial charge in [0.25, 0.3) is 0 Å². The highest BCUT2D eigenvalue weighted by atomic mass is 15.2. The first kappa shape index (κ1) is 10.6. The monoisotopic (exact) mass is 190 g/mol. The number of rotatable bonds is 4. The summed E-state index contributed by atoms with van der Waals surface area (Å²) in [4.78, 5) is 8.38. The van der Waals surface area contributed by atoms with Gasteiger partial charge in [-0.15, -0.1) is 12.3 Å². The second-order valence-electron chi connectivity index (χ2n) is 3.04. The molecule has 0 amide bonds. The highest BCUT2D eigenvalue weighted by molar-refractivity contribution is 5.06. The number of nitrogens with two attached hydrogens (primary N) is 1. The van der Waals surface area contributed by atoms with Gasteiger partial charge >= 0.3 is 0 Å². The smallest absolute Gasteiger partial charge is 0.0770 e. The molecule has 14 heavy (non-hydrogen) atoms. The Morgan fingerprint density at radius 2 is 2.36 bits per heavy atom. The van der Waals surface area contributed by atoms with E-state index >= 15 is 0 Å². The van der Waals surface area contributed by atoms with Gasteiger partial charge in [0.05, 0.1) is 23.6 Å². The maximum Gasteiger partial charge on any atom is 0.0770 e. The molecule has 0 aliphatic heterocycles. The molecule has 74 valence electrons. The number of hydrogen-bond donors (Lipinski definition) is 2. The van der Waals surface area contributed by atoms with Crippen LogP contribution < -0.4 is 11.3 Å². The fraction of sp³-hybridized carbons (Fsp3) is 0.400. The molecule has 0 bridgehead atoms. The number of nitrogens with one attached hydrogen (secondary N) is 1. The van der Waals surface area contributed by atoms with E-state index in [9.17, 15) is 0 Å². The topological polar surface area (TPSA) is 63.8 Å². The zero-order valence-corrected chi connectivity index (χ0v) is 8.20. The molecule has 4 heteroatoms. The molecule has 0 aliphatic rings. The van der Waals surface area contributed by atoms with Gasteiger partial charge in [0.1, 0.15) is 0 Å². The minimum atomic E-state index is -0.0147. The van der Waals surface area contributed by atoms with E-state index in [1.54, 1.807) is 12.4 Å². The summed E-state index contributed by atoms with van der Waals surface area (Å²) in [5, 5.41) is 0. The predicted octanol–water partition coefficient (Wildman–Crippen LogP) is 0.703. The average Bonchev–Trinajstić information content (AvgIpc) is 2.21. The summed E-state index contributed by atoms with van der Waals surface area (Å²) in [6, 6.07) is -0.0147. The van der Waals surface area contributed by atoms with Crippen LogP contribution in [0.4, 0.5) is 0 Å². The lowest BCUT2D eigenvalue weighted by atomic mass is 10.1. The molecule has 0 radical (unpaired) electrons. The lowest BCUT2D eigenvalue weighted by molar-refractivity contribution is 0.509. The lowest BCUT2D eigenvalue weighted by Crippen LogP contribution is -2.28. The third-order valence-electron chi connectivity index (χ3n) is 1.94. The number of aromatic nitrogens is 2. The van der Waals surface area contributed by atoms with Crippen molar-refractivity contribution >= 4 is 0 Å². The second-order valence-corrected chi connectivity index (χ2v) is 3.04. The first-order valence-corrected chi connectivity index (χ1v) is 4.46. The van der Waals surface area contributed by atoms with Crippen LogP contribution in [0.3, 0.4) is 0 Å². The van der Waals surface area contributed by atoms with E-state index in [0.29, 0.717) is 6.42 Å². The van der Waals surface area contributed by atoms with Crippen molar-refractivity contribution < 1.29 is 0 Å². The minimum Gasteiger partial charge on any atom is -0.271 e. The molecule has 0 aliphatic carbocycles. The van der Waals surface area contributed by atoms with Crippen molar-refractivity contribution in [2.45, 2.75) is 25.8 Å². The molecule has 1 unspecified atom stereocenters. The van der Waals surface area contributed by atoms with Gasteiger partial charge in [-0.1, -0.05) is 0 Å². The Labute approximate surface area is 83.9 Å². The van der Waals surface area contributed by atoms with Crippen LogP contribution in [0.1, 0.15) is 30.3 Å². The molecule has 1 atom stereocenters. The Morgan fingerprint density at radius 1 is 1.57 bits per heavy atom. The Balaban J connectivity index is 2.69. The normalized spacial score (nSPS) is 12.1. The molecule has 1 heterocycles. The van der Waals surface area contributed by atoms with E-state index in [0.717, 1.165) is 17.8 Å². The molecule has 0 aromatic carbocycles. The molecule has 4 nitrogen and oxygen atoms in total. The molecule has 1 rings (SSSR count). The molecule has 1 aromatic heterocycles. The average molecular weight is 190 g/mol. The zero-order valence-electron chi connectivity index (χ0n) is 8.20. The number of terminal acetylenes is 1. The summed E-state index contributed by atoms with van der Waals surface area (Å²) in [7, 11) is 0. The van der Waals surface area contributed by atoms with Crippen molar-refractivity contribution in [3.63, 3.8) is 0 Å². The van der Waals surface area contributed by atoms with Crippen molar-refractivity contribution in [3.8, 4) is 12.3 Å². The van der Waals surface area contributed by atoms with Crippen molar-refractivity contribution in [3.05, 3.63) is 23.8 Å². The molecular formula is C10H14N4. The van der Waals surface area contributed by atoms with Crippen LogP contribution in [0.2, 0.25) is 0 Å². The van der Waals surface area contributed by atoms with Gasteiger partial charge in [0.2, 0.25) is 0 Å². The largest absolute Gasteiger partial charge is 0.271 e. The summed E-state index contributed by atoms with van der Waals surface area (Å²) < 4.78 is 0. The number of aryl methyl sites for hydroxylation is 1. The van der Waals surface area contributed by atoms with E-state index in [1.165, 1.54) is 0 Å². The van der Waals surface area contributed by atoms with E-state index in [-0.39, 0.29) is 6.04 Å². The molecule has 0 spiro atoms. The first-order chi connectivity index (χ1) is 6.77. The molecule has 0 saturated carbocycles. The Hall–Kier alpha value is -1.44. The summed E-state index contributed by atoms with van der Waals surface area (Å²) in [6.07, 6.45) is 10.1. The third-order valence-corrected chi connectivity index (χ3v) is 1.94.